The Morgan fingerprint density at radius 2 is 2.04 bits per heavy atom. The number of hydrogen-bond acceptors (Lipinski definition) is 5. The van der Waals surface area contributed by atoms with Crippen LogP contribution in [0.3, 0.4) is 0 Å². The van der Waals surface area contributed by atoms with E-state index in [1.54, 1.807) is 37.4 Å². The van der Waals surface area contributed by atoms with Gasteiger partial charge in [-0.1, -0.05) is 12.1 Å². The van der Waals surface area contributed by atoms with E-state index in [4.69, 9.17) is 4.74 Å². The molecular formula is C17H22N4O2. The van der Waals surface area contributed by atoms with Gasteiger partial charge in [-0.25, -0.2) is 4.98 Å². The van der Waals surface area contributed by atoms with Crippen LogP contribution in [-0.4, -0.2) is 50.1 Å². The summed E-state index contributed by atoms with van der Waals surface area (Å²) >= 11 is 0. The number of amides is 1. The van der Waals surface area contributed by atoms with E-state index in [1.165, 1.54) is 0 Å². The summed E-state index contributed by atoms with van der Waals surface area (Å²) < 4.78 is 5.32. The number of anilines is 2. The van der Waals surface area contributed by atoms with E-state index in [9.17, 15) is 4.79 Å². The molecule has 0 radical (unpaired) electrons. The van der Waals surface area contributed by atoms with Crippen molar-refractivity contribution in [1.82, 2.24) is 15.2 Å². The van der Waals surface area contributed by atoms with Crippen molar-refractivity contribution in [2.75, 3.05) is 39.6 Å². The van der Waals surface area contributed by atoms with Gasteiger partial charge in [0.1, 0.15) is 11.6 Å². The molecule has 2 aromatic rings. The van der Waals surface area contributed by atoms with Crippen molar-refractivity contribution in [3.05, 3.63) is 48.2 Å². The molecule has 0 atom stereocenters. The molecule has 0 saturated carbocycles. The van der Waals surface area contributed by atoms with Crippen molar-refractivity contribution in [2.24, 2.45) is 0 Å². The number of likely N-dealkylation sites (N-methyl/N-ethyl adjacent to an activating group) is 2. The van der Waals surface area contributed by atoms with Crippen LogP contribution in [0.4, 0.5) is 11.5 Å². The van der Waals surface area contributed by atoms with Gasteiger partial charge in [-0.15, -0.1) is 0 Å². The minimum absolute atomic E-state index is 0.0780. The molecule has 0 spiro atoms. The maximum atomic E-state index is 12.6. The lowest BCUT2D eigenvalue weighted by atomic mass is 10.2. The zero-order valence-electron chi connectivity index (χ0n) is 13.7. The van der Waals surface area contributed by atoms with E-state index in [1.807, 2.05) is 31.3 Å². The van der Waals surface area contributed by atoms with Crippen molar-refractivity contribution < 1.29 is 9.53 Å². The third-order valence-electron chi connectivity index (χ3n) is 3.44. The van der Waals surface area contributed by atoms with Crippen molar-refractivity contribution >= 4 is 17.4 Å². The van der Waals surface area contributed by atoms with Gasteiger partial charge in [-0.05, 0) is 31.3 Å². The fourth-order valence-electron chi connectivity index (χ4n) is 2.14. The molecule has 6 heteroatoms. The number of hydrogen-bond donors (Lipinski definition) is 2. The van der Waals surface area contributed by atoms with Gasteiger partial charge in [0.05, 0.1) is 18.4 Å². The Kier molecular flexibility index (Phi) is 5.94. The van der Waals surface area contributed by atoms with Crippen molar-refractivity contribution in [1.29, 1.82) is 0 Å². The topological polar surface area (TPSA) is 66.5 Å². The highest BCUT2D eigenvalue weighted by atomic mass is 16.5. The van der Waals surface area contributed by atoms with Crippen LogP contribution in [0, 0.1) is 0 Å². The summed E-state index contributed by atoms with van der Waals surface area (Å²) in [5.41, 5.74) is 1.29. The molecule has 6 nitrogen and oxygen atoms in total. The Morgan fingerprint density at radius 1 is 1.26 bits per heavy atom. The number of methoxy groups -OCH3 is 1. The van der Waals surface area contributed by atoms with E-state index in [2.05, 4.69) is 15.6 Å². The first-order valence-electron chi connectivity index (χ1n) is 7.42. The summed E-state index contributed by atoms with van der Waals surface area (Å²) in [7, 11) is 5.24. The first kappa shape index (κ1) is 16.8. The molecule has 0 aliphatic carbocycles. The zero-order chi connectivity index (χ0) is 16.7. The van der Waals surface area contributed by atoms with E-state index in [0.29, 0.717) is 23.7 Å². The molecule has 0 aliphatic rings. The standard InChI is InChI=1S/C17H22N4O2/c1-18-11-12-21(2)17(22)13-7-6-10-19-16(13)20-14-8-4-5-9-15(14)23-3/h4-10,18H,11-12H2,1-3H3,(H,19,20). The van der Waals surface area contributed by atoms with Crippen LogP contribution in [0.5, 0.6) is 5.75 Å². The quantitative estimate of drug-likeness (QED) is 0.819. The maximum absolute atomic E-state index is 12.6. The van der Waals surface area contributed by atoms with Gasteiger partial charge in [0.15, 0.2) is 0 Å². The average molecular weight is 314 g/mol. The van der Waals surface area contributed by atoms with Gasteiger partial charge in [0.2, 0.25) is 0 Å². The highest BCUT2D eigenvalue weighted by Crippen LogP contribution is 2.27. The number of carbonyl (C=O) groups excluding carboxylic acids is 1. The molecular weight excluding hydrogens is 292 g/mol. The number of para-hydroxylation sites is 2. The minimum Gasteiger partial charge on any atom is -0.495 e. The predicted octanol–water partition coefficient (Wildman–Crippen LogP) is 2.13. The van der Waals surface area contributed by atoms with E-state index in [0.717, 1.165) is 12.2 Å². The fraction of sp³-hybridized carbons (Fsp3) is 0.294. The number of pyridine rings is 1. The van der Waals surface area contributed by atoms with Crippen LogP contribution < -0.4 is 15.4 Å². The van der Waals surface area contributed by atoms with Gasteiger partial charge in [-0.3, -0.25) is 4.79 Å². The highest BCUT2D eigenvalue weighted by molar-refractivity contribution is 5.99. The molecule has 0 fully saturated rings. The summed E-state index contributed by atoms with van der Waals surface area (Å²) in [6, 6.07) is 11.0. The molecule has 2 rings (SSSR count). The Balaban J connectivity index is 2.25. The number of aromatic nitrogens is 1. The summed E-state index contributed by atoms with van der Waals surface area (Å²) in [5, 5.41) is 6.22. The Bertz CT molecular complexity index is 661. The average Bonchev–Trinajstić information content (AvgIpc) is 2.60. The van der Waals surface area contributed by atoms with Crippen LogP contribution in [-0.2, 0) is 0 Å². The zero-order valence-corrected chi connectivity index (χ0v) is 13.7. The molecule has 23 heavy (non-hydrogen) atoms. The second-order valence-corrected chi connectivity index (χ2v) is 5.06. The van der Waals surface area contributed by atoms with Crippen LogP contribution in [0.25, 0.3) is 0 Å². The first-order chi connectivity index (χ1) is 11.2. The van der Waals surface area contributed by atoms with Gasteiger partial charge < -0.3 is 20.3 Å². The number of rotatable bonds is 7. The van der Waals surface area contributed by atoms with Gasteiger partial charge in [0.25, 0.3) is 5.91 Å². The van der Waals surface area contributed by atoms with Crippen molar-refractivity contribution in [3.63, 3.8) is 0 Å². The monoisotopic (exact) mass is 314 g/mol. The Morgan fingerprint density at radius 3 is 2.78 bits per heavy atom. The van der Waals surface area contributed by atoms with Crippen molar-refractivity contribution in [3.8, 4) is 5.75 Å². The number of nitrogens with zero attached hydrogens (tertiary/aromatic N) is 2. The van der Waals surface area contributed by atoms with E-state index >= 15 is 0 Å². The molecule has 2 N–H and O–H groups in total. The van der Waals surface area contributed by atoms with Gasteiger partial charge in [-0.2, -0.15) is 0 Å². The van der Waals surface area contributed by atoms with Crippen LogP contribution in [0.1, 0.15) is 10.4 Å². The number of nitrogens with one attached hydrogen (secondary N) is 2. The van der Waals surface area contributed by atoms with Crippen LogP contribution in [0.15, 0.2) is 42.6 Å². The van der Waals surface area contributed by atoms with E-state index in [-0.39, 0.29) is 5.91 Å². The molecule has 0 saturated heterocycles. The summed E-state index contributed by atoms with van der Waals surface area (Å²) in [6.07, 6.45) is 1.65. The number of carbonyl (C=O) groups is 1. The molecule has 1 heterocycles. The highest BCUT2D eigenvalue weighted by Gasteiger charge is 2.17. The van der Waals surface area contributed by atoms with Gasteiger partial charge >= 0.3 is 0 Å². The molecule has 122 valence electrons. The number of benzene rings is 1. The minimum atomic E-state index is -0.0780. The van der Waals surface area contributed by atoms with Gasteiger partial charge in [0, 0.05) is 26.3 Å². The number of ether oxygens (including phenoxy) is 1. The van der Waals surface area contributed by atoms with Crippen LogP contribution >= 0.6 is 0 Å². The summed E-state index contributed by atoms with van der Waals surface area (Å²) in [5.74, 6) is 1.13. The Labute approximate surface area is 136 Å². The lowest BCUT2D eigenvalue weighted by Gasteiger charge is -2.19. The molecule has 1 aromatic heterocycles. The molecule has 0 bridgehead atoms. The second kappa shape index (κ2) is 8.14. The lowest BCUT2D eigenvalue weighted by molar-refractivity contribution is 0.0797. The third kappa shape index (κ3) is 4.20. The summed E-state index contributed by atoms with van der Waals surface area (Å²) in [4.78, 5) is 18.6. The van der Waals surface area contributed by atoms with E-state index < -0.39 is 0 Å². The largest absolute Gasteiger partial charge is 0.495 e. The molecule has 1 amide bonds. The SMILES string of the molecule is CNCCN(C)C(=O)c1cccnc1Nc1ccccc1OC. The van der Waals surface area contributed by atoms with Crippen LogP contribution in [0.2, 0.25) is 0 Å². The summed E-state index contributed by atoms with van der Waals surface area (Å²) in [6.45, 7) is 1.36. The molecule has 0 unspecified atom stereocenters. The fourth-order valence-corrected chi connectivity index (χ4v) is 2.14. The molecule has 1 aromatic carbocycles. The smallest absolute Gasteiger partial charge is 0.257 e. The van der Waals surface area contributed by atoms with Crippen molar-refractivity contribution in [2.45, 2.75) is 0 Å². The first-order valence-corrected chi connectivity index (χ1v) is 7.42. The second-order valence-electron chi connectivity index (χ2n) is 5.06. The normalized spacial score (nSPS) is 10.2. The third-order valence-corrected chi connectivity index (χ3v) is 3.44. The maximum Gasteiger partial charge on any atom is 0.257 e. The molecule has 0 aliphatic heterocycles. The predicted molar refractivity (Wildman–Crippen MR) is 91.4 cm³/mol. The Hall–Kier alpha value is -2.60. The lowest BCUT2D eigenvalue weighted by Crippen LogP contribution is -2.33.